The summed E-state index contributed by atoms with van der Waals surface area (Å²) in [5, 5.41) is 0. The zero-order valence-corrected chi connectivity index (χ0v) is 4.18. The number of quaternary nitrogens is 1. The van der Waals surface area contributed by atoms with Crippen molar-refractivity contribution >= 4 is 5.97 Å². The molecule has 3 heteroatoms. The fourth-order valence-corrected chi connectivity index (χ4v) is 0.164. The Bertz CT molecular complexity index is 87.7. The molecule has 3 nitrogen and oxygen atoms in total. The van der Waals surface area contributed by atoms with Crippen LogP contribution < -0.4 is 5.73 Å². The number of carbonyl (C=O) groups is 1. The molecule has 0 aromatic heterocycles. The van der Waals surface area contributed by atoms with E-state index in [1.165, 1.54) is 19.4 Å². The molecule has 0 aliphatic heterocycles. The van der Waals surface area contributed by atoms with Crippen molar-refractivity contribution in [3.8, 4) is 0 Å². The van der Waals surface area contributed by atoms with Crippen LogP contribution >= 0.6 is 0 Å². The van der Waals surface area contributed by atoms with Gasteiger partial charge in [-0.3, -0.25) is 0 Å². The predicted molar refractivity (Wildman–Crippen MR) is 24.0 cm³/mol. The lowest BCUT2D eigenvalue weighted by Crippen LogP contribution is -2.39. The van der Waals surface area contributed by atoms with Gasteiger partial charge in [-0.1, -0.05) is 0 Å². The SMILES string of the molecule is COC(=O)/C=C\[NH3+]. The predicted octanol–water partition coefficient (Wildman–Crippen LogP) is -1.08. The Morgan fingerprint density at radius 3 is 2.57 bits per heavy atom. The third-order valence-electron chi connectivity index (χ3n) is 0.455. The van der Waals surface area contributed by atoms with Gasteiger partial charge in [0.25, 0.3) is 0 Å². The summed E-state index contributed by atoms with van der Waals surface area (Å²) in [4.78, 5) is 10.1. The fraction of sp³-hybridized carbons (Fsp3) is 0.250. The van der Waals surface area contributed by atoms with Crippen LogP contribution in [0.3, 0.4) is 0 Å². The van der Waals surface area contributed by atoms with Gasteiger partial charge < -0.3 is 10.5 Å². The highest BCUT2D eigenvalue weighted by atomic mass is 16.5. The van der Waals surface area contributed by atoms with E-state index in [1.54, 1.807) is 0 Å². The lowest BCUT2D eigenvalue weighted by Gasteiger charge is -1.83. The van der Waals surface area contributed by atoms with Crippen LogP contribution in [0.15, 0.2) is 12.3 Å². The first-order valence-electron chi connectivity index (χ1n) is 1.85. The van der Waals surface area contributed by atoms with Crippen molar-refractivity contribution < 1.29 is 15.3 Å². The number of esters is 1. The second-order valence-corrected chi connectivity index (χ2v) is 0.926. The van der Waals surface area contributed by atoms with Crippen molar-refractivity contribution in [3.63, 3.8) is 0 Å². The third-order valence-corrected chi connectivity index (χ3v) is 0.455. The summed E-state index contributed by atoms with van der Waals surface area (Å²) >= 11 is 0. The van der Waals surface area contributed by atoms with Gasteiger partial charge >= 0.3 is 5.97 Å². The van der Waals surface area contributed by atoms with Crippen molar-refractivity contribution in [3.05, 3.63) is 12.3 Å². The van der Waals surface area contributed by atoms with E-state index in [2.05, 4.69) is 10.5 Å². The van der Waals surface area contributed by atoms with E-state index < -0.39 is 0 Å². The van der Waals surface area contributed by atoms with E-state index >= 15 is 0 Å². The molecule has 0 aromatic rings. The first-order valence-corrected chi connectivity index (χ1v) is 1.85. The van der Waals surface area contributed by atoms with Crippen LogP contribution in [0.5, 0.6) is 0 Å². The Kier molecular flexibility index (Phi) is 2.96. The summed E-state index contributed by atoms with van der Waals surface area (Å²) in [6.07, 6.45) is 2.63. The quantitative estimate of drug-likeness (QED) is 0.338. The largest absolute Gasteiger partial charge is 0.466 e. The maximum absolute atomic E-state index is 10.1. The Morgan fingerprint density at radius 1 is 1.86 bits per heavy atom. The van der Waals surface area contributed by atoms with Crippen LogP contribution in [0.1, 0.15) is 0 Å². The van der Waals surface area contributed by atoms with Crippen LogP contribution in [-0.4, -0.2) is 13.1 Å². The van der Waals surface area contributed by atoms with Gasteiger partial charge in [-0.2, -0.15) is 0 Å². The van der Waals surface area contributed by atoms with E-state index in [-0.39, 0.29) is 5.97 Å². The Hall–Kier alpha value is -0.830. The number of ether oxygens (including phenoxy) is 1. The monoisotopic (exact) mass is 102 g/mol. The zero-order chi connectivity index (χ0) is 5.70. The molecule has 0 atom stereocenters. The average Bonchev–Trinajstić information content (AvgIpc) is 1.68. The summed E-state index contributed by atoms with van der Waals surface area (Å²) in [6, 6.07) is 0. The highest BCUT2D eigenvalue weighted by Gasteiger charge is 1.86. The molecule has 0 spiro atoms. The van der Waals surface area contributed by atoms with E-state index in [4.69, 9.17) is 0 Å². The fourth-order valence-electron chi connectivity index (χ4n) is 0.164. The van der Waals surface area contributed by atoms with Gasteiger partial charge in [-0.05, 0) is 0 Å². The van der Waals surface area contributed by atoms with Gasteiger partial charge in [-0.15, -0.1) is 0 Å². The minimum atomic E-state index is -0.366. The number of hydrogen-bond donors (Lipinski definition) is 1. The molecule has 0 amide bonds. The van der Waals surface area contributed by atoms with E-state index in [9.17, 15) is 4.79 Å². The summed E-state index contributed by atoms with van der Waals surface area (Å²) in [5.41, 5.74) is 3.29. The van der Waals surface area contributed by atoms with Crippen LogP contribution in [0.2, 0.25) is 0 Å². The molecule has 0 radical (unpaired) electrons. The summed E-state index contributed by atoms with van der Waals surface area (Å²) in [5.74, 6) is -0.366. The van der Waals surface area contributed by atoms with Gasteiger partial charge in [0.05, 0.1) is 19.4 Å². The van der Waals surface area contributed by atoms with Gasteiger partial charge in [0.2, 0.25) is 0 Å². The van der Waals surface area contributed by atoms with Crippen LogP contribution in [0, 0.1) is 0 Å². The van der Waals surface area contributed by atoms with Gasteiger partial charge in [-0.25, -0.2) is 4.79 Å². The molecule has 3 N–H and O–H groups in total. The lowest BCUT2D eigenvalue weighted by molar-refractivity contribution is -0.275. The Morgan fingerprint density at radius 2 is 2.43 bits per heavy atom. The first-order chi connectivity index (χ1) is 3.31. The Balaban J connectivity index is 3.37. The minimum absolute atomic E-state index is 0.366. The maximum atomic E-state index is 10.1. The van der Waals surface area contributed by atoms with Crippen molar-refractivity contribution in [2.75, 3.05) is 7.11 Å². The molecular formula is C4H8NO2+. The maximum Gasteiger partial charge on any atom is 0.335 e. The highest BCUT2D eigenvalue weighted by molar-refractivity contribution is 5.81. The third kappa shape index (κ3) is 2.99. The Labute approximate surface area is 41.8 Å². The number of carbonyl (C=O) groups excluding carboxylic acids is 1. The molecule has 0 aliphatic rings. The summed E-state index contributed by atoms with van der Waals surface area (Å²) in [6.45, 7) is 0. The van der Waals surface area contributed by atoms with E-state index in [0.29, 0.717) is 0 Å². The standard InChI is InChI=1S/C4H7NO2/c1-7-4(6)2-3-5/h2-3H,5H2,1H3/p+1/b3-2-. The average molecular weight is 102 g/mol. The molecule has 0 unspecified atom stereocenters. The molecule has 0 rings (SSSR count). The highest BCUT2D eigenvalue weighted by Crippen LogP contribution is 1.69. The van der Waals surface area contributed by atoms with Gasteiger partial charge in [0.1, 0.15) is 0 Å². The molecule has 0 saturated heterocycles. The smallest absolute Gasteiger partial charge is 0.335 e. The van der Waals surface area contributed by atoms with Crippen molar-refractivity contribution in [1.29, 1.82) is 0 Å². The van der Waals surface area contributed by atoms with Crippen molar-refractivity contribution in [1.82, 2.24) is 0 Å². The molecule has 0 fully saturated rings. The van der Waals surface area contributed by atoms with Crippen molar-refractivity contribution in [2.45, 2.75) is 0 Å². The summed E-state index contributed by atoms with van der Waals surface area (Å²) < 4.78 is 4.22. The first kappa shape index (κ1) is 6.17. The van der Waals surface area contributed by atoms with Crippen LogP contribution in [-0.2, 0) is 9.53 Å². The van der Waals surface area contributed by atoms with E-state index in [1.807, 2.05) is 0 Å². The topological polar surface area (TPSA) is 53.9 Å². The number of hydrogen-bond acceptors (Lipinski definition) is 2. The number of methoxy groups -OCH3 is 1. The van der Waals surface area contributed by atoms with Crippen LogP contribution in [0.4, 0.5) is 0 Å². The molecule has 40 valence electrons. The molecular weight excluding hydrogens is 94.0 g/mol. The van der Waals surface area contributed by atoms with Crippen molar-refractivity contribution in [2.24, 2.45) is 0 Å². The molecule has 0 saturated carbocycles. The summed E-state index contributed by atoms with van der Waals surface area (Å²) in [7, 11) is 1.32. The van der Waals surface area contributed by atoms with E-state index in [0.717, 1.165) is 0 Å². The molecule has 0 heterocycles. The van der Waals surface area contributed by atoms with Gasteiger partial charge in [0, 0.05) is 0 Å². The molecule has 0 aliphatic carbocycles. The second-order valence-electron chi connectivity index (χ2n) is 0.926. The minimum Gasteiger partial charge on any atom is -0.466 e. The number of rotatable bonds is 1. The normalized spacial score (nSPS) is 9.43. The lowest BCUT2D eigenvalue weighted by atomic mass is 10.6. The van der Waals surface area contributed by atoms with Crippen LogP contribution in [0.25, 0.3) is 0 Å². The molecule has 0 bridgehead atoms. The zero-order valence-electron chi connectivity index (χ0n) is 4.18. The molecule has 0 aromatic carbocycles. The second kappa shape index (κ2) is 3.36. The molecule has 7 heavy (non-hydrogen) atoms. The van der Waals surface area contributed by atoms with Gasteiger partial charge in [0.15, 0.2) is 0 Å².